The van der Waals surface area contributed by atoms with Crippen LogP contribution in [0.1, 0.15) is 38.8 Å². The first-order valence-electron chi connectivity index (χ1n) is 6.89. The molecule has 120 valence electrons. The highest BCUT2D eigenvalue weighted by Crippen LogP contribution is 2.27. The first-order valence-corrected chi connectivity index (χ1v) is 8.42. The molecule has 1 unspecified atom stereocenters. The molecule has 6 heteroatoms. The molecule has 0 aliphatic heterocycles. The summed E-state index contributed by atoms with van der Waals surface area (Å²) in [5, 5.41) is 0.0886. The number of nitrogens with one attached hydrogen (secondary N) is 1. The fraction of sp³-hybridized carbons (Fsp3) is 0.600. The third kappa shape index (κ3) is 5.66. The molecule has 21 heavy (non-hydrogen) atoms. The van der Waals surface area contributed by atoms with Crippen LogP contribution >= 0.6 is 11.6 Å². The van der Waals surface area contributed by atoms with Gasteiger partial charge in [-0.15, -0.1) is 0 Å². The molecule has 0 bridgehead atoms. The zero-order valence-corrected chi connectivity index (χ0v) is 14.8. The molecule has 0 aliphatic carbocycles. The van der Waals surface area contributed by atoms with E-state index in [1.165, 1.54) is 6.07 Å². The van der Waals surface area contributed by atoms with Crippen molar-refractivity contribution in [3.8, 4) is 0 Å². The van der Waals surface area contributed by atoms with Gasteiger partial charge in [0.2, 0.25) is 0 Å². The highest BCUT2D eigenvalue weighted by molar-refractivity contribution is 7.84. The molecule has 0 aliphatic rings. The van der Waals surface area contributed by atoms with E-state index in [-0.39, 0.29) is 11.1 Å². The van der Waals surface area contributed by atoms with Crippen LogP contribution in [-0.4, -0.2) is 34.5 Å². The third-order valence-corrected chi connectivity index (χ3v) is 4.93. The summed E-state index contributed by atoms with van der Waals surface area (Å²) in [6.45, 7) is 6.40. The van der Waals surface area contributed by atoms with Crippen LogP contribution in [0.5, 0.6) is 0 Å². The smallest absolute Gasteiger partial charge is 0.146 e. The number of hydrogen-bond acceptors (Lipinski definition) is 2. The lowest BCUT2D eigenvalue weighted by Crippen LogP contribution is -2.37. The van der Waals surface area contributed by atoms with Gasteiger partial charge in [0.15, 0.2) is 0 Å². The molecule has 0 saturated carbocycles. The normalized spacial score (nSPS) is 15.2. The minimum Gasteiger partial charge on any atom is -0.309 e. The maximum atomic E-state index is 14.2. The van der Waals surface area contributed by atoms with Crippen molar-refractivity contribution in [2.75, 3.05) is 20.6 Å². The molecule has 0 spiro atoms. The Labute approximate surface area is 134 Å². The van der Waals surface area contributed by atoms with Crippen LogP contribution in [-0.2, 0) is 11.0 Å². The van der Waals surface area contributed by atoms with E-state index in [0.717, 1.165) is 6.54 Å². The lowest BCUT2D eigenvalue weighted by atomic mass is 10.0. The van der Waals surface area contributed by atoms with Crippen LogP contribution < -0.4 is 4.72 Å². The summed E-state index contributed by atoms with van der Waals surface area (Å²) in [6, 6.07) is 4.58. The van der Waals surface area contributed by atoms with Crippen LogP contribution in [0.15, 0.2) is 18.2 Å². The van der Waals surface area contributed by atoms with Crippen LogP contribution in [0.3, 0.4) is 0 Å². The van der Waals surface area contributed by atoms with E-state index in [2.05, 4.69) is 4.72 Å². The Hall–Kier alpha value is -0.490. The van der Waals surface area contributed by atoms with E-state index in [9.17, 15) is 8.60 Å². The average molecular weight is 335 g/mol. The third-order valence-electron chi connectivity index (χ3n) is 3.03. The number of hydrogen-bond donors (Lipinski definition) is 1. The summed E-state index contributed by atoms with van der Waals surface area (Å²) in [4.78, 5) is 2.01. The molecular weight excluding hydrogens is 311 g/mol. The quantitative estimate of drug-likeness (QED) is 0.863. The second-order valence-corrected chi connectivity index (χ2v) is 8.69. The van der Waals surface area contributed by atoms with Crippen molar-refractivity contribution in [2.24, 2.45) is 0 Å². The number of halogens is 2. The second kappa shape index (κ2) is 7.68. The fourth-order valence-corrected chi connectivity index (χ4v) is 2.80. The zero-order chi connectivity index (χ0) is 16.2. The summed E-state index contributed by atoms with van der Waals surface area (Å²) in [6.07, 6.45) is 0.645. The van der Waals surface area contributed by atoms with Crippen molar-refractivity contribution in [3.05, 3.63) is 34.6 Å². The largest absolute Gasteiger partial charge is 0.309 e. The Morgan fingerprint density at radius 2 is 2.00 bits per heavy atom. The number of benzene rings is 1. The predicted octanol–water partition coefficient (Wildman–Crippen LogP) is 3.52. The fourth-order valence-electron chi connectivity index (χ4n) is 1.76. The highest BCUT2D eigenvalue weighted by atomic mass is 35.5. The SMILES string of the molecule is CN(C)CC[C@H](NS(=O)C(C)(C)C)c1cccc(Cl)c1F. The van der Waals surface area contributed by atoms with Crippen LogP contribution in [0.2, 0.25) is 5.02 Å². The van der Waals surface area contributed by atoms with Gasteiger partial charge in [-0.1, -0.05) is 23.7 Å². The molecule has 0 fully saturated rings. The average Bonchev–Trinajstić information content (AvgIpc) is 2.36. The van der Waals surface area contributed by atoms with E-state index in [0.29, 0.717) is 12.0 Å². The van der Waals surface area contributed by atoms with Gasteiger partial charge in [-0.05, 0) is 53.9 Å². The van der Waals surface area contributed by atoms with Crippen LogP contribution in [0.4, 0.5) is 4.39 Å². The second-order valence-electron chi connectivity index (χ2n) is 6.29. The monoisotopic (exact) mass is 334 g/mol. The van der Waals surface area contributed by atoms with E-state index < -0.39 is 21.5 Å². The van der Waals surface area contributed by atoms with Crippen LogP contribution in [0.25, 0.3) is 0 Å². The summed E-state index contributed by atoms with van der Waals surface area (Å²) in [5.74, 6) is -0.443. The van der Waals surface area contributed by atoms with Gasteiger partial charge in [0, 0.05) is 11.6 Å². The van der Waals surface area contributed by atoms with Gasteiger partial charge < -0.3 is 4.90 Å². The Balaban J connectivity index is 3.02. The van der Waals surface area contributed by atoms with Gasteiger partial charge in [-0.25, -0.2) is 13.3 Å². The van der Waals surface area contributed by atoms with Crippen molar-refractivity contribution < 1.29 is 8.60 Å². The Bertz CT molecular complexity index is 503. The summed E-state index contributed by atoms with van der Waals surface area (Å²) in [5.41, 5.74) is 0.460. The van der Waals surface area contributed by atoms with Gasteiger partial charge in [0.1, 0.15) is 5.82 Å². The Kier molecular flexibility index (Phi) is 6.78. The van der Waals surface area contributed by atoms with Gasteiger partial charge in [0.25, 0.3) is 0 Å². The van der Waals surface area contributed by atoms with E-state index >= 15 is 0 Å². The zero-order valence-electron chi connectivity index (χ0n) is 13.2. The molecule has 1 rings (SSSR count). The van der Waals surface area contributed by atoms with Gasteiger partial charge >= 0.3 is 0 Å². The van der Waals surface area contributed by atoms with E-state index in [4.69, 9.17) is 11.6 Å². The molecule has 2 atom stereocenters. The van der Waals surface area contributed by atoms with Crippen molar-refractivity contribution in [2.45, 2.75) is 38.0 Å². The maximum absolute atomic E-state index is 14.2. The lowest BCUT2D eigenvalue weighted by molar-refractivity contribution is 0.372. The minimum absolute atomic E-state index is 0.0886. The molecule has 1 aromatic rings. The number of rotatable bonds is 6. The summed E-state index contributed by atoms with van der Waals surface area (Å²) < 4.78 is 29.2. The first kappa shape index (κ1) is 18.6. The van der Waals surface area contributed by atoms with Crippen molar-refractivity contribution in [1.82, 2.24) is 9.62 Å². The molecule has 1 N–H and O–H groups in total. The van der Waals surface area contributed by atoms with E-state index in [1.807, 2.05) is 39.8 Å². The highest BCUT2D eigenvalue weighted by Gasteiger charge is 2.25. The molecule has 0 saturated heterocycles. The van der Waals surface area contributed by atoms with Crippen molar-refractivity contribution >= 4 is 22.6 Å². The molecule has 0 aromatic heterocycles. The molecule has 0 amide bonds. The maximum Gasteiger partial charge on any atom is 0.146 e. The van der Waals surface area contributed by atoms with Crippen molar-refractivity contribution in [3.63, 3.8) is 0 Å². The molecular formula is C15H24ClFN2OS. The Morgan fingerprint density at radius 3 is 2.52 bits per heavy atom. The van der Waals surface area contributed by atoms with Gasteiger partial charge in [0.05, 0.1) is 20.8 Å². The summed E-state index contributed by atoms with van der Waals surface area (Å²) >= 11 is 5.86. The standard InChI is InChI=1S/C15H24ClFN2OS/c1-15(2,3)21(20)18-13(9-10-19(4)5)11-7-6-8-12(16)14(11)17/h6-8,13,18H,9-10H2,1-5H3/t13-,21?/m0/s1. The van der Waals surface area contributed by atoms with Crippen LogP contribution in [0, 0.1) is 5.82 Å². The van der Waals surface area contributed by atoms with Gasteiger partial charge in [-0.2, -0.15) is 0 Å². The lowest BCUT2D eigenvalue weighted by Gasteiger charge is -2.26. The Morgan fingerprint density at radius 1 is 1.38 bits per heavy atom. The predicted molar refractivity (Wildman–Crippen MR) is 88.4 cm³/mol. The topological polar surface area (TPSA) is 32.3 Å². The molecule has 3 nitrogen and oxygen atoms in total. The van der Waals surface area contributed by atoms with Crippen molar-refractivity contribution in [1.29, 1.82) is 0 Å². The summed E-state index contributed by atoms with van der Waals surface area (Å²) in [7, 11) is 2.63. The minimum atomic E-state index is -1.28. The molecule has 0 radical (unpaired) electrons. The van der Waals surface area contributed by atoms with E-state index in [1.54, 1.807) is 12.1 Å². The van der Waals surface area contributed by atoms with Gasteiger partial charge in [-0.3, -0.25) is 0 Å². The molecule has 0 heterocycles. The molecule has 1 aromatic carbocycles. The number of nitrogens with zero attached hydrogens (tertiary/aromatic N) is 1. The first-order chi connectivity index (χ1) is 9.62.